The normalized spacial score (nSPS) is 10.3. The molecular formula is C16H13Cl2N5. The van der Waals surface area contributed by atoms with E-state index in [-0.39, 0.29) is 0 Å². The molecule has 0 aliphatic heterocycles. The quantitative estimate of drug-likeness (QED) is 0.710. The first-order valence-electron chi connectivity index (χ1n) is 6.90. The summed E-state index contributed by atoms with van der Waals surface area (Å²) in [7, 11) is 0. The van der Waals surface area contributed by atoms with E-state index in [1.54, 1.807) is 18.2 Å². The van der Waals surface area contributed by atoms with Crippen LogP contribution in [-0.2, 0) is 6.54 Å². The molecule has 0 saturated heterocycles. The van der Waals surface area contributed by atoms with Gasteiger partial charge in [-0.05, 0) is 23.8 Å². The third-order valence-electron chi connectivity index (χ3n) is 3.05. The Morgan fingerprint density at radius 2 is 1.83 bits per heavy atom. The summed E-state index contributed by atoms with van der Waals surface area (Å²) in [5, 5.41) is 15.2. The number of nitrogens with zero attached hydrogens (tertiary/aromatic N) is 3. The lowest BCUT2D eigenvalue weighted by Gasteiger charge is -2.09. The minimum atomic E-state index is 0.434. The zero-order valence-electron chi connectivity index (χ0n) is 12.0. The van der Waals surface area contributed by atoms with Crippen LogP contribution in [0.5, 0.6) is 0 Å². The van der Waals surface area contributed by atoms with Crippen LogP contribution in [-0.4, -0.2) is 15.2 Å². The fourth-order valence-corrected chi connectivity index (χ4v) is 2.40. The van der Waals surface area contributed by atoms with Crippen molar-refractivity contribution < 1.29 is 0 Å². The van der Waals surface area contributed by atoms with Crippen LogP contribution < -0.4 is 10.6 Å². The van der Waals surface area contributed by atoms with Crippen molar-refractivity contribution in [3.8, 4) is 0 Å². The summed E-state index contributed by atoms with van der Waals surface area (Å²) in [5.41, 5.74) is 1.83. The van der Waals surface area contributed by atoms with Crippen LogP contribution in [0.25, 0.3) is 0 Å². The van der Waals surface area contributed by atoms with Crippen LogP contribution in [0.2, 0.25) is 10.0 Å². The zero-order valence-corrected chi connectivity index (χ0v) is 13.5. The zero-order chi connectivity index (χ0) is 16.1. The van der Waals surface area contributed by atoms with Crippen molar-refractivity contribution in [2.75, 3.05) is 10.6 Å². The first kappa shape index (κ1) is 15.5. The Morgan fingerprint density at radius 3 is 2.61 bits per heavy atom. The van der Waals surface area contributed by atoms with Crippen LogP contribution in [0.3, 0.4) is 0 Å². The molecule has 0 spiro atoms. The van der Waals surface area contributed by atoms with Gasteiger partial charge in [0.15, 0.2) is 5.82 Å². The van der Waals surface area contributed by atoms with E-state index in [4.69, 9.17) is 23.2 Å². The van der Waals surface area contributed by atoms with Gasteiger partial charge in [0.2, 0.25) is 5.95 Å². The summed E-state index contributed by atoms with van der Waals surface area (Å²) in [6.07, 6.45) is 1.53. The van der Waals surface area contributed by atoms with E-state index in [0.717, 1.165) is 5.56 Å². The molecule has 5 nitrogen and oxygen atoms in total. The molecule has 7 heteroatoms. The summed E-state index contributed by atoms with van der Waals surface area (Å²) in [4.78, 5) is 4.36. The Bertz CT molecular complexity index is 795. The Hall–Kier alpha value is -2.37. The van der Waals surface area contributed by atoms with Crippen molar-refractivity contribution in [1.29, 1.82) is 0 Å². The topological polar surface area (TPSA) is 62.7 Å². The summed E-state index contributed by atoms with van der Waals surface area (Å²) in [6, 6.07) is 15.2. The number of hydrogen-bond donors (Lipinski definition) is 2. The number of nitrogens with one attached hydrogen (secondary N) is 2. The molecule has 116 valence electrons. The second kappa shape index (κ2) is 7.26. The van der Waals surface area contributed by atoms with Crippen molar-refractivity contribution in [3.05, 3.63) is 70.3 Å². The standard InChI is InChI=1S/C16H13Cl2N5/c17-12-6-7-14(13(18)8-12)21-15-10-20-23-16(22-15)19-9-11-4-2-1-3-5-11/h1-8,10H,9H2,(H2,19,21,22,23). The molecule has 1 heterocycles. The first-order chi connectivity index (χ1) is 11.2. The third-order valence-corrected chi connectivity index (χ3v) is 3.59. The van der Waals surface area contributed by atoms with Gasteiger partial charge in [0.1, 0.15) is 0 Å². The molecular weight excluding hydrogens is 333 g/mol. The Morgan fingerprint density at radius 1 is 1.00 bits per heavy atom. The second-order valence-corrected chi connectivity index (χ2v) is 5.60. The lowest BCUT2D eigenvalue weighted by Crippen LogP contribution is -2.06. The van der Waals surface area contributed by atoms with E-state index in [9.17, 15) is 0 Å². The van der Waals surface area contributed by atoms with E-state index >= 15 is 0 Å². The predicted octanol–water partition coefficient (Wildman–Crippen LogP) is 4.53. The number of anilines is 3. The highest BCUT2D eigenvalue weighted by molar-refractivity contribution is 6.36. The average molecular weight is 346 g/mol. The highest BCUT2D eigenvalue weighted by Gasteiger charge is 2.05. The average Bonchev–Trinajstić information content (AvgIpc) is 2.57. The van der Waals surface area contributed by atoms with E-state index in [1.165, 1.54) is 6.20 Å². The fraction of sp³-hybridized carbons (Fsp3) is 0.0625. The number of aromatic nitrogens is 3. The molecule has 0 saturated carbocycles. The predicted molar refractivity (Wildman–Crippen MR) is 93.3 cm³/mol. The Labute approximate surface area is 143 Å². The van der Waals surface area contributed by atoms with E-state index < -0.39 is 0 Å². The van der Waals surface area contributed by atoms with Gasteiger partial charge >= 0.3 is 0 Å². The molecule has 0 radical (unpaired) electrons. The SMILES string of the molecule is Clc1ccc(Nc2cnnc(NCc3ccccc3)n2)c(Cl)c1. The van der Waals surface area contributed by atoms with Crippen LogP contribution >= 0.6 is 23.2 Å². The minimum Gasteiger partial charge on any atom is -0.349 e. The summed E-state index contributed by atoms with van der Waals surface area (Å²) < 4.78 is 0. The van der Waals surface area contributed by atoms with Crippen molar-refractivity contribution in [2.45, 2.75) is 6.54 Å². The molecule has 1 aromatic heterocycles. The maximum atomic E-state index is 6.13. The highest BCUT2D eigenvalue weighted by Crippen LogP contribution is 2.27. The van der Waals surface area contributed by atoms with Gasteiger partial charge in [0.25, 0.3) is 0 Å². The molecule has 2 N–H and O–H groups in total. The van der Waals surface area contributed by atoms with Gasteiger partial charge in [-0.3, -0.25) is 0 Å². The smallest absolute Gasteiger partial charge is 0.244 e. The molecule has 23 heavy (non-hydrogen) atoms. The van der Waals surface area contributed by atoms with Crippen LogP contribution in [0.1, 0.15) is 5.56 Å². The van der Waals surface area contributed by atoms with E-state index in [2.05, 4.69) is 25.8 Å². The van der Waals surface area contributed by atoms with Crippen molar-refractivity contribution in [3.63, 3.8) is 0 Å². The number of benzene rings is 2. The van der Waals surface area contributed by atoms with Gasteiger partial charge in [0.05, 0.1) is 16.9 Å². The molecule has 0 atom stereocenters. The number of rotatable bonds is 5. The van der Waals surface area contributed by atoms with E-state index in [1.807, 2.05) is 30.3 Å². The molecule has 0 bridgehead atoms. The van der Waals surface area contributed by atoms with Gasteiger partial charge in [-0.1, -0.05) is 53.5 Å². The largest absolute Gasteiger partial charge is 0.349 e. The highest BCUT2D eigenvalue weighted by atomic mass is 35.5. The van der Waals surface area contributed by atoms with Gasteiger partial charge in [-0.15, -0.1) is 5.10 Å². The molecule has 0 unspecified atom stereocenters. The number of hydrogen-bond acceptors (Lipinski definition) is 5. The molecule has 2 aromatic carbocycles. The van der Waals surface area contributed by atoms with Gasteiger partial charge in [0, 0.05) is 11.6 Å². The van der Waals surface area contributed by atoms with Crippen LogP contribution in [0.4, 0.5) is 17.5 Å². The first-order valence-corrected chi connectivity index (χ1v) is 7.66. The Balaban J connectivity index is 1.69. The summed E-state index contributed by atoms with van der Waals surface area (Å²) in [5.74, 6) is 0.976. The summed E-state index contributed by atoms with van der Waals surface area (Å²) in [6.45, 7) is 0.619. The molecule has 3 aromatic rings. The molecule has 0 aliphatic carbocycles. The lowest BCUT2D eigenvalue weighted by atomic mass is 10.2. The lowest BCUT2D eigenvalue weighted by molar-refractivity contribution is 0.949. The fourth-order valence-electron chi connectivity index (χ4n) is 1.94. The molecule has 3 rings (SSSR count). The van der Waals surface area contributed by atoms with Crippen LogP contribution in [0, 0.1) is 0 Å². The summed E-state index contributed by atoms with van der Waals surface area (Å²) >= 11 is 12.0. The minimum absolute atomic E-state index is 0.434. The van der Waals surface area contributed by atoms with Crippen molar-refractivity contribution >= 4 is 40.7 Å². The molecule has 0 aliphatic rings. The van der Waals surface area contributed by atoms with Crippen molar-refractivity contribution in [2.24, 2.45) is 0 Å². The second-order valence-electron chi connectivity index (χ2n) is 4.75. The maximum absolute atomic E-state index is 6.13. The van der Waals surface area contributed by atoms with E-state index in [0.29, 0.717) is 34.0 Å². The maximum Gasteiger partial charge on any atom is 0.244 e. The Kier molecular flexibility index (Phi) is 4.90. The van der Waals surface area contributed by atoms with Crippen molar-refractivity contribution in [1.82, 2.24) is 15.2 Å². The van der Waals surface area contributed by atoms with Gasteiger partial charge < -0.3 is 10.6 Å². The molecule has 0 amide bonds. The van der Waals surface area contributed by atoms with Gasteiger partial charge in [-0.25, -0.2) is 0 Å². The third kappa shape index (κ3) is 4.31. The van der Waals surface area contributed by atoms with Gasteiger partial charge in [-0.2, -0.15) is 10.1 Å². The molecule has 0 fully saturated rings. The number of halogens is 2. The monoisotopic (exact) mass is 345 g/mol. The van der Waals surface area contributed by atoms with Crippen LogP contribution in [0.15, 0.2) is 54.7 Å².